The fourth-order valence-electron chi connectivity index (χ4n) is 1.00. The molecule has 88 valence electrons. The number of aromatic nitrogens is 1. The van der Waals surface area contributed by atoms with Gasteiger partial charge in [-0.2, -0.15) is 13.2 Å². The zero-order valence-electron chi connectivity index (χ0n) is 8.14. The van der Waals surface area contributed by atoms with Crippen molar-refractivity contribution in [2.45, 2.75) is 12.6 Å². The molecule has 0 spiro atoms. The number of hydrogen-bond acceptors (Lipinski definition) is 3. The lowest BCUT2D eigenvalue weighted by Crippen LogP contribution is -2.12. The summed E-state index contributed by atoms with van der Waals surface area (Å²) in [5.74, 6) is -0.539. The minimum atomic E-state index is -4.42. The van der Waals surface area contributed by atoms with Gasteiger partial charge >= 0.3 is 12.1 Å². The maximum atomic E-state index is 12.4. The average Bonchev–Trinajstić information content (AvgIpc) is 2.15. The van der Waals surface area contributed by atoms with Gasteiger partial charge in [0.1, 0.15) is 3.70 Å². The summed E-state index contributed by atoms with van der Waals surface area (Å²) in [7, 11) is 1.21. The molecule has 0 saturated carbocycles. The largest absolute Gasteiger partial charge is 0.469 e. The normalized spacial score (nSPS) is 11.3. The van der Waals surface area contributed by atoms with Gasteiger partial charge in [-0.1, -0.05) is 0 Å². The van der Waals surface area contributed by atoms with E-state index >= 15 is 0 Å². The van der Waals surface area contributed by atoms with Crippen LogP contribution in [0.4, 0.5) is 13.2 Å². The molecule has 0 fully saturated rings. The van der Waals surface area contributed by atoms with E-state index in [1.807, 2.05) is 0 Å². The molecule has 0 aliphatic carbocycles. The molecule has 0 amide bonds. The van der Waals surface area contributed by atoms with E-state index in [9.17, 15) is 18.0 Å². The predicted molar refractivity (Wildman–Crippen MR) is 57.7 cm³/mol. The van der Waals surface area contributed by atoms with Gasteiger partial charge in [0.2, 0.25) is 0 Å². The topological polar surface area (TPSA) is 39.2 Å². The van der Waals surface area contributed by atoms with Gasteiger partial charge in [-0.25, -0.2) is 4.98 Å². The van der Waals surface area contributed by atoms with Crippen molar-refractivity contribution in [3.63, 3.8) is 0 Å². The number of nitrogens with zero attached hydrogens (tertiary/aromatic N) is 1. The summed E-state index contributed by atoms with van der Waals surface area (Å²) in [6, 6.07) is 2.08. The molecule has 0 unspecified atom stereocenters. The zero-order chi connectivity index (χ0) is 12.3. The summed E-state index contributed by atoms with van der Waals surface area (Å²) in [5.41, 5.74) is -0.550. The molecule has 1 aromatic heterocycles. The minimum absolute atomic E-state index is 0.134. The van der Waals surface area contributed by atoms with E-state index in [1.54, 1.807) is 0 Å². The highest BCUT2D eigenvalue weighted by molar-refractivity contribution is 14.1. The second-order valence-electron chi connectivity index (χ2n) is 2.89. The van der Waals surface area contributed by atoms with Crippen LogP contribution in [0.25, 0.3) is 0 Å². The number of esters is 1. The molecule has 0 N–H and O–H groups in total. The number of pyridine rings is 1. The molecular weight excluding hydrogens is 338 g/mol. The molecule has 0 saturated heterocycles. The van der Waals surface area contributed by atoms with Crippen LogP contribution in [0, 0.1) is 3.70 Å². The molecule has 3 nitrogen and oxygen atoms in total. The first kappa shape index (κ1) is 13.2. The van der Waals surface area contributed by atoms with Crippen LogP contribution >= 0.6 is 22.6 Å². The predicted octanol–water partition coefficient (Wildman–Crippen LogP) is 2.42. The van der Waals surface area contributed by atoms with E-state index in [2.05, 4.69) is 9.72 Å². The van der Waals surface area contributed by atoms with E-state index in [0.717, 1.165) is 6.07 Å². The standard InChI is InChI=1S/C9H7F3INO2/c1-16-7(15)4-5-2-3-6(8(13)14-5)9(10,11)12/h2-3H,4H2,1H3. The molecule has 0 aliphatic heterocycles. The highest BCUT2D eigenvalue weighted by Crippen LogP contribution is 2.31. The van der Waals surface area contributed by atoms with E-state index in [4.69, 9.17) is 0 Å². The third-order valence-electron chi connectivity index (χ3n) is 1.76. The number of rotatable bonds is 2. The molecule has 1 rings (SSSR count). The average molecular weight is 345 g/mol. The molecule has 1 aromatic rings. The van der Waals surface area contributed by atoms with Crippen LogP contribution in [0.3, 0.4) is 0 Å². The van der Waals surface area contributed by atoms with Crippen molar-refractivity contribution in [2.75, 3.05) is 7.11 Å². The van der Waals surface area contributed by atoms with Crippen LogP contribution in [0.1, 0.15) is 11.3 Å². The molecule has 0 atom stereocenters. The smallest absolute Gasteiger partial charge is 0.418 e. The molecule has 0 aliphatic rings. The maximum absolute atomic E-state index is 12.4. The monoisotopic (exact) mass is 345 g/mol. The lowest BCUT2D eigenvalue weighted by Gasteiger charge is -2.09. The van der Waals surface area contributed by atoms with Gasteiger partial charge in [0, 0.05) is 0 Å². The van der Waals surface area contributed by atoms with E-state index in [1.165, 1.54) is 35.8 Å². The summed E-state index contributed by atoms with van der Waals surface area (Å²) >= 11 is 1.49. The van der Waals surface area contributed by atoms with E-state index in [0.29, 0.717) is 0 Å². The number of ether oxygens (including phenoxy) is 1. The summed E-state index contributed by atoms with van der Waals surface area (Å²) < 4.78 is 41.3. The first-order chi connectivity index (χ1) is 7.34. The molecule has 0 aromatic carbocycles. The summed E-state index contributed by atoms with van der Waals surface area (Å²) in [4.78, 5) is 14.6. The Labute approximate surface area is 103 Å². The van der Waals surface area contributed by atoms with Crippen LogP contribution in [0.5, 0.6) is 0 Å². The first-order valence-corrected chi connectivity index (χ1v) is 5.22. The van der Waals surface area contributed by atoms with Crippen molar-refractivity contribution in [1.82, 2.24) is 4.98 Å². The third kappa shape index (κ3) is 3.32. The summed E-state index contributed by atoms with van der Waals surface area (Å²) in [6.45, 7) is 0. The van der Waals surface area contributed by atoms with E-state index < -0.39 is 17.7 Å². The third-order valence-corrected chi connectivity index (χ3v) is 2.59. The van der Waals surface area contributed by atoms with Crippen LogP contribution in [0.15, 0.2) is 12.1 Å². The molecule has 0 radical (unpaired) electrons. The van der Waals surface area contributed by atoms with Crippen LogP contribution in [0.2, 0.25) is 0 Å². The van der Waals surface area contributed by atoms with E-state index in [-0.39, 0.29) is 15.8 Å². The maximum Gasteiger partial charge on any atom is 0.418 e. The minimum Gasteiger partial charge on any atom is -0.469 e. The number of halogens is 4. The van der Waals surface area contributed by atoms with Gasteiger partial charge in [-0.05, 0) is 34.7 Å². The number of alkyl halides is 3. The van der Waals surface area contributed by atoms with Gasteiger partial charge in [-0.3, -0.25) is 4.79 Å². The lowest BCUT2D eigenvalue weighted by molar-refractivity contribution is -0.139. The summed E-state index contributed by atoms with van der Waals surface area (Å²) in [6.07, 6.45) is -4.56. The Balaban J connectivity index is 2.96. The Morgan fingerprint density at radius 2 is 2.12 bits per heavy atom. The Kier molecular flexibility index (Phi) is 4.11. The molecular formula is C9H7F3INO2. The molecule has 16 heavy (non-hydrogen) atoms. The van der Waals surface area contributed by atoms with Crippen molar-refractivity contribution >= 4 is 28.6 Å². The molecule has 7 heteroatoms. The highest BCUT2D eigenvalue weighted by atomic mass is 127. The number of carbonyl (C=O) groups excluding carboxylic acids is 1. The quantitative estimate of drug-likeness (QED) is 0.470. The second kappa shape index (κ2) is 4.98. The SMILES string of the molecule is COC(=O)Cc1ccc(C(F)(F)F)c(I)n1. The Hall–Kier alpha value is -0.860. The Morgan fingerprint density at radius 1 is 1.50 bits per heavy atom. The fraction of sp³-hybridized carbons (Fsp3) is 0.333. The zero-order valence-corrected chi connectivity index (χ0v) is 10.3. The van der Waals surface area contributed by atoms with Crippen molar-refractivity contribution < 1.29 is 22.7 Å². The molecule has 0 bridgehead atoms. The van der Waals surface area contributed by atoms with Crippen molar-refractivity contribution in [1.29, 1.82) is 0 Å². The number of carbonyl (C=O) groups is 1. The fourth-order valence-corrected chi connectivity index (χ4v) is 1.80. The Bertz CT molecular complexity index is 406. The van der Waals surface area contributed by atoms with Crippen molar-refractivity contribution in [3.05, 3.63) is 27.1 Å². The Morgan fingerprint density at radius 3 is 2.56 bits per heavy atom. The first-order valence-electron chi connectivity index (χ1n) is 4.14. The molecule has 1 heterocycles. The number of hydrogen-bond donors (Lipinski definition) is 0. The van der Waals surface area contributed by atoms with Crippen LogP contribution < -0.4 is 0 Å². The van der Waals surface area contributed by atoms with Crippen molar-refractivity contribution in [3.8, 4) is 0 Å². The van der Waals surface area contributed by atoms with Crippen molar-refractivity contribution in [2.24, 2.45) is 0 Å². The van der Waals surface area contributed by atoms with Gasteiger partial charge in [-0.15, -0.1) is 0 Å². The van der Waals surface area contributed by atoms with Gasteiger partial charge < -0.3 is 4.74 Å². The highest BCUT2D eigenvalue weighted by Gasteiger charge is 2.33. The van der Waals surface area contributed by atoms with Gasteiger partial charge in [0.15, 0.2) is 0 Å². The van der Waals surface area contributed by atoms with Crippen LogP contribution in [-0.2, 0) is 22.1 Å². The summed E-state index contributed by atoms with van der Waals surface area (Å²) in [5, 5.41) is 0. The second-order valence-corrected chi connectivity index (χ2v) is 3.91. The number of methoxy groups -OCH3 is 1. The van der Waals surface area contributed by atoms with Crippen LogP contribution in [-0.4, -0.2) is 18.1 Å². The van der Waals surface area contributed by atoms with Gasteiger partial charge in [0.25, 0.3) is 0 Å². The van der Waals surface area contributed by atoms with Gasteiger partial charge in [0.05, 0.1) is 24.8 Å². The lowest BCUT2D eigenvalue weighted by atomic mass is 10.2.